The molecule has 0 aliphatic heterocycles. The summed E-state index contributed by atoms with van der Waals surface area (Å²) in [6.45, 7) is 0. The van der Waals surface area contributed by atoms with Gasteiger partial charge in [-0.15, -0.1) is 0 Å². The number of halogens is 3. The van der Waals surface area contributed by atoms with Crippen LogP contribution < -0.4 is 9.47 Å². The second-order valence-corrected chi connectivity index (χ2v) is 4.69. The van der Waals surface area contributed by atoms with E-state index in [1.807, 2.05) is 0 Å². The average Bonchev–Trinajstić information content (AvgIpc) is 2.15. The Morgan fingerprint density at radius 3 is 2.21 bits per heavy atom. The van der Waals surface area contributed by atoms with Crippen molar-refractivity contribution >= 4 is 34.8 Å². The summed E-state index contributed by atoms with van der Waals surface area (Å²) in [6.07, 6.45) is 0. The molecule has 1 rings (SSSR count). The van der Waals surface area contributed by atoms with Crippen LogP contribution in [0.1, 0.15) is 5.69 Å². The highest BCUT2D eigenvalue weighted by atomic mass is 35.6. The SMILES string of the molecule is COc1ccc(C(Cl)(Cl)Cl)nc1OC. The lowest BCUT2D eigenvalue weighted by atomic mass is 10.3. The third-order valence-electron chi connectivity index (χ3n) is 1.53. The quantitative estimate of drug-likeness (QED) is 0.763. The minimum atomic E-state index is -1.56. The number of hydrogen-bond donors (Lipinski definition) is 0. The third kappa shape index (κ3) is 2.56. The second-order valence-electron chi connectivity index (χ2n) is 2.41. The van der Waals surface area contributed by atoms with Gasteiger partial charge in [-0.25, -0.2) is 4.98 Å². The maximum absolute atomic E-state index is 5.66. The van der Waals surface area contributed by atoms with Gasteiger partial charge in [0.15, 0.2) is 5.75 Å². The van der Waals surface area contributed by atoms with E-state index in [-0.39, 0.29) is 5.88 Å². The smallest absolute Gasteiger partial charge is 0.257 e. The van der Waals surface area contributed by atoms with Crippen molar-refractivity contribution in [2.24, 2.45) is 0 Å². The molecule has 0 unspecified atom stereocenters. The molecule has 0 atom stereocenters. The van der Waals surface area contributed by atoms with Crippen LogP contribution in [0.4, 0.5) is 0 Å². The predicted octanol–water partition coefficient (Wildman–Crippen LogP) is 2.93. The highest BCUT2D eigenvalue weighted by Crippen LogP contribution is 2.39. The van der Waals surface area contributed by atoms with Crippen LogP contribution in [0, 0.1) is 0 Å². The Bertz CT molecular complexity index is 325. The highest BCUT2D eigenvalue weighted by Gasteiger charge is 2.25. The Labute approximate surface area is 96.9 Å². The van der Waals surface area contributed by atoms with Crippen molar-refractivity contribution in [3.63, 3.8) is 0 Å². The first-order valence-corrected chi connectivity index (χ1v) is 4.78. The van der Waals surface area contributed by atoms with E-state index in [2.05, 4.69) is 4.98 Å². The zero-order valence-electron chi connectivity index (χ0n) is 7.55. The maximum Gasteiger partial charge on any atom is 0.257 e. The van der Waals surface area contributed by atoms with Gasteiger partial charge >= 0.3 is 0 Å². The van der Waals surface area contributed by atoms with E-state index >= 15 is 0 Å². The summed E-state index contributed by atoms with van der Waals surface area (Å²) in [5.41, 5.74) is 0.292. The Morgan fingerprint density at radius 2 is 1.79 bits per heavy atom. The Balaban J connectivity index is 3.14. The van der Waals surface area contributed by atoms with E-state index in [0.717, 1.165) is 0 Å². The molecule has 0 radical (unpaired) electrons. The summed E-state index contributed by atoms with van der Waals surface area (Å²) in [4.78, 5) is 3.99. The van der Waals surface area contributed by atoms with Crippen LogP contribution in [0.5, 0.6) is 11.6 Å². The molecule has 0 amide bonds. The summed E-state index contributed by atoms with van der Waals surface area (Å²) in [5.74, 6) is 0.779. The molecule has 14 heavy (non-hydrogen) atoms. The molecular weight excluding hydrogens is 248 g/mol. The van der Waals surface area contributed by atoms with E-state index < -0.39 is 3.79 Å². The number of rotatable bonds is 2. The largest absolute Gasteiger partial charge is 0.491 e. The van der Waals surface area contributed by atoms with Gasteiger partial charge in [0.1, 0.15) is 0 Å². The van der Waals surface area contributed by atoms with Crippen molar-refractivity contribution in [1.82, 2.24) is 4.98 Å². The minimum Gasteiger partial charge on any atom is -0.491 e. The van der Waals surface area contributed by atoms with Crippen molar-refractivity contribution in [2.75, 3.05) is 14.2 Å². The molecule has 0 saturated carbocycles. The van der Waals surface area contributed by atoms with Crippen molar-refractivity contribution < 1.29 is 9.47 Å². The van der Waals surface area contributed by atoms with Crippen LogP contribution in [0.25, 0.3) is 0 Å². The first-order valence-electron chi connectivity index (χ1n) is 3.65. The molecule has 0 spiro atoms. The number of ether oxygens (including phenoxy) is 2. The second kappa shape index (κ2) is 4.43. The molecule has 1 aromatic rings. The van der Waals surface area contributed by atoms with Gasteiger partial charge in [0, 0.05) is 0 Å². The zero-order valence-corrected chi connectivity index (χ0v) is 9.82. The van der Waals surface area contributed by atoms with E-state index in [1.54, 1.807) is 12.1 Å². The van der Waals surface area contributed by atoms with Crippen LogP contribution in [-0.2, 0) is 3.79 Å². The van der Waals surface area contributed by atoms with Crippen LogP contribution in [0.15, 0.2) is 12.1 Å². The molecule has 0 aliphatic rings. The summed E-state index contributed by atoms with van der Waals surface area (Å²) < 4.78 is 8.39. The van der Waals surface area contributed by atoms with Gasteiger partial charge in [-0.2, -0.15) is 0 Å². The summed E-state index contributed by atoms with van der Waals surface area (Å²) in [6, 6.07) is 3.19. The molecule has 0 N–H and O–H groups in total. The highest BCUT2D eigenvalue weighted by molar-refractivity contribution is 6.66. The van der Waals surface area contributed by atoms with Crippen molar-refractivity contribution in [2.45, 2.75) is 3.79 Å². The molecule has 0 bridgehead atoms. The van der Waals surface area contributed by atoms with Crippen molar-refractivity contribution in [3.8, 4) is 11.6 Å². The summed E-state index contributed by atoms with van der Waals surface area (Å²) >= 11 is 17.0. The third-order valence-corrected chi connectivity index (χ3v) is 2.11. The van der Waals surface area contributed by atoms with Gasteiger partial charge in [0.05, 0.1) is 19.9 Å². The molecule has 0 aliphatic carbocycles. The van der Waals surface area contributed by atoms with E-state index in [1.165, 1.54) is 14.2 Å². The lowest BCUT2D eigenvalue weighted by molar-refractivity contribution is 0.342. The standard InChI is InChI=1S/C8H8Cl3NO2/c1-13-5-3-4-6(8(9,10)11)12-7(5)14-2/h3-4H,1-2H3. The first-order chi connectivity index (χ1) is 6.49. The van der Waals surface area contributed by atoms with Gasteiger partial charge in [-0.05, 0) is 12.1 Å². The van der Waals surface area contributed by atoms with Gasteiger partial charge in [-0.1, -0.05) is 34.8 Å². The lowest BCUT2D eigenvalue weighted by Crippen LogP contribution is -2.05. The zero-order chi connectivity index (χ0) is 10.8. The van der Waals surface area contributed by atoms with Crippen molar-refractivity contribution in [3.05, 3.63) is 17.8 Å². The van der Waals surface area contributed by atoms with E-state index in [0.29, 0.717) is 11.4 Å². The molecule has 1 aromatic heterocycles. The summed E-state index contributed by atoms with van der Waals surface area (Å²) in [7, 11) is 2.97. The molecule has 3 nitrogen and oxygen atoms in total. The number of hydrogen-bond acceptors (Lipinski definition) is 3. The van der Waals surface area contributed by atoms with Crippen molar-refractivity contribution in [1.29, 1.82) is 0 Å². The molecule has 78 valence electrons. The molecule has 0 aromatic carbocycles. The number of nitrogens with zero attached hydrogens (tertiary/aromatic N) is 1. The number of methoxy groups -OCH3 is 2. The average molecular weight is 257 g/mol. The van der Waals surface area contributed by atoms with Crippen LogP contribution in [0.2, 0.25) is 0 Å². The van der Waals surface area contributed by atoms with Gasteiger partial charge < -0.3 is 9.47 Å². The van der Waals surface area contributed by atoms with Crippen LogP contribution in [-0.4, -0.2) is 19.2 Å². The number of aromatic nitrogens is 1. The molecule has 1 heterocycles. The molecule has 0 fully saturated rings. The van der Waals surface area contributed by atoms with Gasteiger partial charge in [-0.3, -0.25) is 0 Å². The molecule has 0 saturated heterocycles. The fraction of sp³-hybridized carbons (Fsp3) is 0.375. The van der Waals surface area contributed by atoms with Crippen LogP contribution >= 0.6 is 34.8 Å². The Kier molecular flexibility index (Phi) is 3.70. The Hall–Kier alpha value is -0.380. The Morgan fingerprint density at radius 1 is 1.14 bits per heavy atom. The van der Waals surface area contributed by atoms with E-state index in [9.17, 15) is 0 Å². The first kappa shape index (κ1) is 11.7. The maximum atomic E-state index is 5.66. The monoisotopic (exact) mass is 255 g/mol. The van der Waals surface area contributed by atoms with Gasteiger partial charge in [0.2, 0.25) is 3.79 Å². The number of alkyl halides is 3. The predicted molar refractivity (Wildman–Crippen MR) is 56.6 cm³/mol. The molecular formula is C8H8Cl3NO2. The van der Waals surface area contributed by atoms with Crippen LogP contribution in [0.3, 0.4) is 0 Å². The topological polar surface area (TPSA) is 31.4 Å². The summed E-state index contributed by atoms with van der Waals surface area (Å²) in [5, 5.41) is 0. The fourth-order valence-electron chi connectivity index (χ4n) is 0.887. The van der Waals surface area contributed by atoms with Gasteiger partial charge in [0.25, 0.3) is 5.88 Å². The lowest BCUT2D eigenvalue weighted by Gasteiger charge is -2.12. The van der Waals surface area contributed by atoms with E-state index in [4.69, 9.17) is 44.3 Å². The normalized spacial score (nSPS) is 11.2. The minimum absolute atomic E-state index is 0.288. The number of pyridine rings is 1. The fourth-order valence-corrected chi connectivity index (χ4v) is 1.20. The molecule has 6 heteroatoms.